The molecule has 5 rings (SSSR count). The van der Waals surface area contributed by atoms with Gasteiger partial charge < -0.3 is 10.2 Å². The number of anilines is 1. The number of carbonyl (C=O) groups is 1. The van der Waals surface area contributed by atoms with Crippen molar-refractivity contribution in [3.05, 3.63) is 95.3 Å². The van der Waals surface area contributed by atoms with E-state index < -0.39 is 0 Å². The van der Waals surface area contributed by atoms with Crippen LogP contribution in [0, 0.1) is 18.6 Å². The summed E-state index contributed by atoms with van der Waals surface area (Å²) in [6.45, 7) is 3.38. The van der Waals surface area contributed by atoms with Crippen LogP contribution in [-0.2, 0) is 11.3 Å². The Kier molecular flexibility index (Phi) is 6.92. The van der Waals surface area contributed by atoms with Crippen LogP contribution in [0.5, 0.6) is 0 Å². The molecule has 1 aliphatic rings. The lowest BCUT2D eigenvalue weighted by Crippen LogP contribution is -2.24. The molecule has 0 spiro atoms. The van der Waals surface area contributed by atoms with E-state index in [2.05, 4.69) is 15.2 Å². The van der Waals surface area contributed by atoms with Gasteiger partial charge in [-0.25, -0.2) is 18.3 Å². The molecule has 1 N–H and O–H groups in total. The van der Waals surface area contributed by atoms with Gasteiger partial charge in [0.2, 0.25) is 6.41 Å². The van der Waals surface area contributed by atoms with E-state index in [1.807, 2.05) is 35.8 Å². The Bertz CT molecular complexity index is 1230. The second-order valence-corrected chi connectivity index (χ2v) is 7.89. The minimum Gasteiger partial charge on any atom is -0.355 e. The Balaban J connectivity index is 0.000000200. The largest absolute Gasteiger partial charge is 0.355 e. The molecule has 0 unspecified atom stereocenters. The van der Waals surface area contributed by atoms with Crippen LogP contribution in [0.4, 0.5) is 14.6 Å². The van der Waals surface area contributed by atoms with E-state index in [0.29, 0.717) is 13.0 Å². The number of imidazole rings is 1. The highest BCUT2D eigenvalue weighted by Gasteiger charge is 2.27. The summed E-state index contributed by atoms with van der Waals surface area (Å²) in [6.07, 6.45) is 4.54. The van der Waals surface area contributed by atoms with Crippen LogP contribution in [0.3, 0.4) is 0 Å². The first-order chi connectivity index (χ1) is 16.0. The van der Waals surface area contributed by atoms with Gasteiger partial charge in [0.05, 0.1) is 17.9 Å². The molecule has 0 saturated carbocycles. The number of amides is 1. The minimum absolute atomic E-state index is 0.182. The van der Waals surface area contributed by atoms with Gasteiger partial charge in [0.25, 0.3) is 0 Å². The molecule has 0 bridgehead atoms. The zero-order valence-corrected chi connectivity index (χ0v) is 18.3. The first-order valence-corrected chi connectivity index (χ1v) is 10.8. The van der Waals surface area contributed by atoms with Crippen molar-refractivity contribution in [1.82, 2.24) is 19.9 Å². The number of nitrogens with zero attached hydrogens (tertiary/aromatic N) is 4. The van der Waals surface area contributed by atoms with Gasteiger partial charge in [-0.3, -0.25) is 4.79 Å². The summed E-state index contributed by atoms with van der Waals surface area (Å²) < 4.78 is 27.7. The van der Waals surface area contributed by atoms with Crippen LogP contribution >= 0.6 is 0 Å². The first kappa shape index (κ1) is 22.4. The number of nitrogens with one attached hydrogen (secondary N) is 1. The summed E-state index contributed by atoms with van der Waals surface area (Å²) in [5, 5.41) is 7.18. The van der Waals surface area contributed by atoms with Crippen LogP contribution in [0.15, 0.2) is 66.9 Å². The molecule has 1 saturated heterocycles. The summed E-state index contributed by atoms with van der Waals surface area (Å²) in [6, 6.07) is 17.0. The smallest absolute Gasteiger partial charge is 0.207 e. The van der Waals surface area contributed by atoms with Crippen molar-refractivity contribution in [2.45, 2.75) is 32.4 Å². The highest BCUT2D eigenvalue weighted by molar-refractivity contribution is 5.49. The van der Waals surface area contributed by atoms with Crippen molar-refractivity contribution in [1.29, 1.82) is 0 Å². The minimum atomic E-state index is -0.264. The van der Waals surface area contributed by atoms with E-state index in [-0.39, 0.29) is 17.7 Å². The molecule has 2 aromatic carbocycles. The number of hydrogen-bond acceptors (Lipinski definition) is 4. The van der Waals surface area contributed by atoms with Crippen molar-refractivity contribution in [3.63, 3.8) is 0 Å². The third-order valence-corrected chi connectivity index (χ3v) is 5.60. The Morgan fingerprint density at radius 3 is 2.67 bits per heavy atom. The lowest BCUT2D eigenvalue weighted by Gasteiger charge is -2.26. The van der Waals surface area contributed by atoms with Crippen molar-refractivity contribution >= 4 is 17.9 Å². The Morgan fingerprint density at radius 1 is 1.09 bits per heavy atom. The molecule has 6 nitrogen and oxygen atoms in total. The molecule has 0 aliphatic carbocycles. The van der Waals surface area contributed by atoms with E-state index in [0.717, 1.165) is 47.7 Å². The zero-order valence-electron chi connectivity index (χ0n) is 18.3. The molecule has 8 heteroatoms. The van der Waals surface area contributed by atoms with Crippen LogP contribution in [-0.4, -0.2) is 27.6 Å². The van der Waals surface area contributed by atoms with Gasteiger partial charge in [-0.1, -0.05) is 24.3 Å². The van der Waals surface area contributed by atoms with Gasteiger partial charge >= 0.3 is 0 Å². The molecular formula is C25H25F2N5O. The average molecular weight is 450 g/mol. The number of rotatable bonds is 5. The Hall–Kier alpha value is -3.81. The highest BCUT2D eigenvalue weighted by Crippen LogP contribution is 2.35. The van der Waals surface area contributed by atoms with Crippen molar-refractivity contribution < 1.29 is 13.6 Å². The standard InChI is InChI=1S/C17H17FN4.C8H8FNO/c1-12-11-19-16-7-8-17(20-22(12)16)21-9-3-6-15(21)13-4-2-5-14(18)10-13;9-8-3-1-7(2-4-8)5-10-6-11/h2,4-5,7-8,10-11,15H,3,6,9H2,1H3;1-4,6H,5H2,(H,10,11)/t15-;/m1./s1. The molecular weight excluding hydrogens is 424 g/mol. The summed E-state index contributed by atoms with van der Waals surface area (Å²) in [4.78, 5) is 16.4. The quantitative estimate of drug-likeness (QED) is 0.453. The maximum absolute atomic E-state index is 13.5. The number of carbonyl (C=O) groups excluding carboxylic acids is 1. The summed E-state index contributed by atoms with van der Waals surface area (Å²) in [5.74, 6) is 0.471. The van der Waals surface area contributed by atoms with Gasteiger partial charge in [0, 0.05) is 13.1 Å². The number of fused-ring (bicyclic) bond motifs is 1. The van der Waals surface area contributed by atoms with E-state index in [9.17, 15) is 13.6 Å². The molecule has 170 valence electrons. The lowest BCUT2D eigenvalue weighted by atomic mass is 10.0. The molecule has 4 aromatic rings. The maximum atomic E-state index is 13.5. The third kappa shape index (κ3) is 5.34. The van der Waals surface area contributed by atoms with Crippen LogP contribution < -0.4 is 10.2 Å². The second-order valence-electron chi connectivity index (χ2n) is 7.89. The maximum Gasteiger partial charge on any atom is 0.207 e. The van der Waals surface area contributed by atoms with Crippen molar-refractivity contribution in [3.8, 4) is 0 Å². The second kappa shape index (κ2) is 10.2. The normalized spacial score (nSPS) is 15.2. The molecule has 1 atom stereocenters. The van der Waals surface area contributed by atoms with E-state index in [1.54, 1.807) is 24.3 Å². The monoisotopic (exact) mass is 449 g/mol. The van der Waals surface area contributed by atoms with E-state index >= 15 is 0 Å². The summed E-state index contributed by atoms with van der Waals surface area (Å²) in [7, 11) is 0. The SMILES string of the molecule is Cc1cnc2ccc(N3CCC[C@@H]3c3cccc(F)c3)nn12.O=CNCc1ccc(F)cc1. The molecule has 33 heavy (non-hydrogen) atoms. The van der Waals surface area contributed by atoms with Gasteiger partial charge in [0.15, 0.2) is 5.65 Å². The summed E-state index contributed by atoms with van der Waals surface area (Å²) in [5.41, 5.74) is 3.77. The van der Waals surface area contributed by atoms with Crippen molar-refractivity contribution in [2.24, 2.45) is 0 Å². The lowest BCUT2D eigenvalue weighted by molar-refractivity contribution is -0.109. The molecule has 1 aliphatic heterocycles. The molecule has 0 radical (unpaired) electrons. The predicted molar refractivity (Wildman–Crippen MR) is 123 cm³/mol. The number of aromatic nitrogens is 3. The highest BCUT2D eigenvalue weighted by atomic mass is 19.1. The number of aryl methyl sites for hydroxylation is 1. The fraction of sp³-hybridized carbons (Fsp3) is 0.240. The van der Waals surface area contributed by atoms with Gasteiger partial charge in [-0.05, 0) is 67.3 Å². The van der Waals surface area contributed by atoms with Gasteiger partial charge in [0.1, 0.15) is 17.5 Å². The van der Waals surface area contributed by atoms with Crippen LogP contribution in [0.25, 0.3) is 5.65 Å². The van der Waals surface area contributed by atoms with Gasteiger partial charge in [-0.15, -0.1) is 5.10 Å². The van der Waals surface area contributed by atoms with Gasteiger partial charge in [-0.2, -0.15) is 0 Å². The molecule has 3 heterocycles. The fourth-order valence-corrected chi connectivity index (χ4v) is 3.99. The molecule has 1 fully saturated rings. The number of benzene rings is 2. The van der Waals surface area contributed by atoms with E-state index in [1.165, 1.54) is 18.2 Å². The Labute approximate surface area is 190 Å². The first-order valence-electron chi connectivity index (χ1n) is 10.8. The van der Waals surface area contributed by atoms with Crippen LogP contribution in [0.2, 0.25) is 0 Å². The zero-order chi connectivity index (χ0) is 23.2. The summed E-state index contributed by atoms with van der Waals surface area (Å²) >= 11 is 0. The van der Waals surface area contributed by atoms with E-state index in [4.69, 9.17) is 5.10 Å². The third-order valence-electron chi connectivity index (χ3n) is 5.60. The molecule has 2 aromatic heterocycles. The molecule has 1 amide bonds. The number of halogens is 2. The topological polar surface area (TPSA) is 62.5 Å². The number of hydrogen-bond donors (Lipinski definition) is 1. The average Bonchev–Trinajstić information content (AvgIpc) is 3.46. The fourth-order valence-electron chi connectivity index (χ4n) is 3.99. The van der Waals surface area contributed by atoms with Crippen LogP contribution in [0.1, 0.15) is 35.7 Å². The predicted octanol–water partition coefficient (Wildman–Crippen LogP) is 4.59. The van der Waals surface area contributed by atoms with Crippen molar-refractivity contribution in [2.75, 3.05) is 11.4 Å². The Morgan fingerprint density at radius 2 is 1.91 bits per heavy atom.